The fourth-order valence-electron chi connectivity index (χ4n) is 4.38. The molecule has 1 fully saturated rings. The Morgan fingerprint density at radius 2 is 1.96 bits per heavy atom. The van der Waals surface area contributed by atoms with E-state index in [0.717, 1.165) is 34.7 Å². The third kappa shape index (κ3) is 3.02. The number of amides is 1. The van der Waals surface area contributed by atoms with E-state index in [-0.39, 0.29) is 5.91 Å². The summed E-state index contributed by atoms with van der Waals surface area (Å²) in [5.74, 6) is -0.0306. The Labute approximate surface area is 158 Å². The van der Waals surface area contributed by atoms with Crippen molar-refractivity contribution in [3.05, 3.63) is 52.7 Å². The van der Waals surface area contributed by atoms with E-state index in [1.807, 2.05) is 13.0 Å². The van der Waals surface area contributed by atoms with Crippen LogP contribution in [0.25, 0.3) is 22.3 Å². The fraction of sp³-hybridized carbons (Fsp3) is 0.364. The van der Waals surface area contributed by atoms with Crippen LogP contribution in [0.4, 0.5) is 0 Å². The predicted octanol–water partition coefficient (Wildman–Crippen LogP) is 3.77. The number of benzene rings is 1. The lowest BCUT2D eigenvalue weighted by Gasteiger charge is -2.26. The highest BCUT2D eigenvalue weighted by Crippen LogP contribution is 2.30. The number of pyridine rings is 1. The van der Waals surface area contributed by atoms with Crippen molar-refractivity contribution < 1.29 is 4.79 Å². The number of carbonyl (C=O) groups excluding carboxylic acids is 1. The molecule has 5 rings (SSSR count). The molecule has 1 saturated heterocycles. The molecule has 0 radical (unpaired) electrons. The molecule has 2 aliphatic rings. The zero-order valence-corrected chi connectivity index (χ0v) is 15.6. The van der Waals surface area contributed by atoms with Crippen molar-refractivity contribution in [3.8, 4) is 11.4 Å². The van der Waals surface area contributed by atoms with Gasteiger partial charge in [-0.05, 0) is 68.2 Å². The van der Waals surface area contributed by atoms with Gasteiger partial charge in [-0.25, -0.2) is 0 Å². The summed E-state index contributed by atoms with van der Waals surface area (Å²) < 4.78 is 0. The van der Waals surface area contributed by atoms with Crippen molar-refractivity contribution in [1.29, 1.82) is 0 Å². The Bertz CT molecular complexity index is 1030. The summed E-state index contributed by atoms with van der Waals surface area (Å²) in [5, 5.41) is 4.09. The second-order valence-electron chi connectivity index (χ2n) is 7.77. The maximum atomic E-state index is 12.3. The van der Waals surface area contributed by atoms with Gasteiger partial charge in [-0.1, -0.05) is 12.5 Å². The molecular weight excluding hydrogens is 336 g/mol. The molecule has 2 aromatic heterocycles. The van der Waals surface area contributed by atoms with Gasteiger partial charge in [0.05, 0.1) is 17.0 Å². The number of H-pyrrole nitrogens is 1. The second-order valence-corrected chi connectivity index (χ2v) is 7.77. The minimum Gasteiger partial charge on any atom is -0.353 e. The Morgan fingerprint density at radius 3 is 2.81 bits per heavy atom. The molecule has 2 N–H and O–H groups in total. The molecule has 1 aromatic carbocycles. The summed E-state index contributed by atoms with van der Waals surface area (Å²) in [5.41, 5.74) is 6.78. The number of hydrogen-bond donors (Lipinski definition) is 2. The number of aromatic nitrogens is 2. The number of aromatic amines is 1. The van der Waals surface area contributed by atoms with E-state index >= 15 is 0 Å². The number of rotatable bonds is 3. The Hall–Kier alpha value is -2.66. The molecule has 0 saturated carbocycles. The van der Waals surface area contributed by atoms with Gasteiger partial charge < -0.3 is 10.3 Å². The van der Waals surface area contributed by atoms with Crippen LogP contribution in [0.1, 0.15) is 46.4 Å². The van der Waals surface area contributed by atoms with Gasteiger partial charge >= 0.3 is 0 Å². The van der Waals surface area contributed by atoms with Gasteiger partial charge in [-0.2, -0.15) is 0 Å². The number of nitrogens with zero attached hydrogens (tertiary/aromatic N) is 2. The maximum Gasteiger partial charge on any atom is 0.254 e. The van der Waals surface area contributed by atoms with Gasteiger partial charge in [0.25, 0.3) is 5.91 Å². The third-order valence-corrected chi connectivity index (χ3v) is 5.69. The van der Waals surface area contributed by atoms with E-state index < -0.39 is 0 Å². The van der Waals surface area contributed by atoms with Crippen molar-refractivity contribution in [2.75, 3.05) is 13.1 Å². The molecule has 0 atom stereocenters. The summed E-state index contributed by atoms with van der Waals surface area (Å²) in [6, 6.07) is 10.7. The van der Waals surface area contributed by atoms with E-state index in [1.54, 1.807) is 0 Å². The Morgan fingerprint density at radius 1 is 1.11 bits per heavy atom. The summed E-state index contributed by atoms with van der Waals surface area (Å²) in [7, 11) is 0. The number of likely N-dealkylation sites (tertiary alicyclic amines) is 1. The highest BCUT2D eigenvalue weighted by molar-refractivity contribution is 6.04. The number of hydrogen-bond acceptors (Lipinski definition) is 3. The molecule has 5 nitrogen and oxygen atoms in total. The van der Waals surface area contributed by atoms with Gasteiger partial charge in [-0.3, -0.25) is 14.7 Å². The molecule has 0 bridgehead atoms. The fourth-order valence-corrected chi connectivity index (χ4v) is 4.38. The summed E-state index contributed by atoms with van der Waals surface area (Å²) in [4.78, 5) is 23.0. The van der Waals surface area contributed by atoms with E-state index in [1.165, 1.54) is 43.3 Å². The standard InChI is InChI=1S/C22H24N4O/c1-14-9-17-12-23-22(27)20(17)21(24-14)19-11-16-10-15(5-6-18(16)25-19)13-26-7-3-2-4-8-26/h5-6,9-11,25H,2-4,7-8,12-13H2,1H3,(H,23,27). The predicted molar refractivity (Wildman–Crippen MR) is 107 cm³/mol. The molecule has 3 aromatic rings. The van der Waals surface area contributed by atoms with Crippen molar-refractivity contribution in [2.24, 2.45) is 0 Å². The normalized spacial score (nSPS) is 17.3. The van der Waals surface area contributed by atoms with Crippen LogP contribution in [0.2, 0.25) is 0 Å². The van der Waals surface area contributed by atoms with Crippen molar-refractivity contribution in [2.45, 2.75) is 39.3 Å². The third-order valence-electron chi connectivity index (χ3n) is 5.69. The Balaban J connectivity index is 1.51. The SMILES string of the molecule is Cc1cc2c(c(-c3cc4cc(CN5CCCCC5)ccc4[nH]3)n1)C(=O)NC2. The molecule has 4 heterocycles. The van der Waals surface area contributed by atoms with E-state index in [9.17, 15) is 4.79 Å². The molecule has 5 heteroatoms. The highest BCUT2D eigenvalue weighted by atomic mass is 16.1. The molecule has 27 heavy (non-hydrogen) atoms. The van der Waals surface area contributed by atoms with Crippen LogP contribution in [-0.4, -0.2) is 33.9 Å². The first-order valence-electron chi connectivity index (χ1n) is 9.80. The zero-order valence-electron chi connectivity index (χ0n) is 15.6. The molecule has 0 aliphatic carbocycles. The van der Waals surface area contributed by atoms with Gasteiger partial charge in [0, 0.05) is 29.7 Å². The van der Waals surface area contributed by atoms with Crippen molar-refractivity contribution in [1.82, 2.24) is 20.2 Å². The molecule has 2 aliphatic heterocycles. The zero-order chi connectivity index (χ0) is 18.4. The van der Waals surface area contributed by atoms with Crippen molar-refractivity contribution >= 4 is 16.8 Å². The average Bonchev–Trinajstić information content (AvgIpc) is 3.25. The quantitative estimate of drug-likeness (QED) is 0.747. The first kappa shape index (κ1) is 16.5. The van der Waals surface area contributed by atoms with E-state index in [4.69, 9.17) is 0 Å². The van der Waals surface area contributed by atoms with Crippen LogP contribution in [0.15, 0.2) is 30.3 Å². The summed E-state index contributed by atoms with van der Waals surface area (Å²) >= 11 is 0. The number of nitrogens with one attached hydrogen (secondary N) is 2. The molecule has 1 amide bonds. The van der Waals surface area contributed by atoms with E-state index in [0.29, 0.717) is 12.1 Å². The minimum atomic E-state index is -0.0306. The molecule has 138 valence electrons. The van der Waals surface area contributed by atoms with Gasteiger partial charge in [0.2, 0.25) is 0 Å². The number of aryl methyl sites for hydroxylation is 1. The number of fused-ring (bicyclic) bond motifs is 2. The topological polar surface area (TPSA) is 61.0 Å². The van der Waals surface area contributed by atoms with Crippen LogP contribution in [0, 0.1) is 6.92 Å². The summed E-state index contributed by atoms with van der Waals surface area (Å²) in [6.45, 7) is 5.98. The second kappa shape index (κ2) is 6.50. The van der Waals surface area contributed by atoms with E-state index in [2.05, 4.69) is 44.5 Å². The van der Waals surface area contributed by atoms with Crippen LogP contribution >= 0.6 is 0 Å². The van der Waals surface area contributed by atoms with Gasteiger partial charge in [-0.15, -0.1) is 0 Å². The number of carbonyl (C=O) groups is 1. The van der Waals surface area contributed by atoms with Crippen molar-refractivity contribution in [3.63, 3.8) is 0 Å². The number of piperidine rings is 1. The highest BCUT2D eigenvalue weighted by Gasteiger charge is 2.25. The molecule has 0 spiro atoms. The maximum absolute atomic E-state index is 12.3. The lowest BCUT2D eigenvalue weighted by Crippen LogP contribution is -2.28. The smallest absolute Gasteiger partial charge is 0.254 e. The first-order chi connectivity index (χ1) is 13.2. The van der Waals surface area contributed by atoms with Gasteiger partial charge in [0.1, 0.15) is 0 Å². The van der Waals surface area contributed by atoms with Crippen LogP contribution in [-0.2, 0) is 13.1 Å². The average molecular weight is 360 g/mol. The minimum absolute atomic E-state index is 0.0306. The molecule has 0 unspecified atom stereocenters. The first-order valence-corrected chi connectivity index (χ1v) is 9.80. The van der Waals surface area contributed by atoms with Crippen LogP contribution < -0.4 is 5.32 Å². The van der Waals surface area contributed by atoms with Crippen LogP contribution in [0.3, 0.4) is 0 Å². The Kier molecular flexibility index (Phi) is 3.97. The monoisotopic (exact) mass is 360 g/mol. The largest absolute Gasteiger partial charge is 0.353 e. The lowest BCUT2D eigenvalue weighted by atomic mass is 10.0. The van der Waals surface area contributed by atoms with Crippen LogP contribution in [0.5, 0.6) is 0 Å². The summed E-state index contributed by atoms with van der Waals surface area (Å²) in [6.07, 6.45) is 3.98. The molecular formula is C22H24N4O. The lowest BCUT2D eigenvalue weighted by molar-refractivity contribution is 0.0966. The van der Waals surface area contributed by atoms with Gasteiger partial charge in [0.15, 0.2) is 0 Å².